The number of ether oxygens (including phenoxy) is 1. The lowest BCUT2D eigenvalue weighted by Gasteiger charge is -2.30. The molecule has 6 nitrogen and oxygen atoms in total. The first-order valence-corrected chi connectivity index (χ1v) is 11.1. The molecule has 2 aromatic rings. The van der Waals surface area contributed by atoms with Crippen LogP contribution in [0.5, 0.6) is 11.5 Å². The van der Waals surface area contributed by atoms with E-state index in [2.05, 4.69) is 5.32 Å². The zero-order chi connectivity index (χ0) is 20.9. The lowest BCUT2D eigenvalue weighted by Crippen LogP contribution is -2.50. The van der Waals surface area contributed by atoms with E-state index in [9.17, 15) is 13.2 Å². The number of carbonyl (C=O) groups is 1. The lowest BCUT2D eigenvalue weighted by atomic mass is 10.1. The minimum atomic E-state index is -3.66. The zero-order valence-corrected chi connectivity index (χ0v) is 17.7. The maximum Gasteiger partial charge on any atom is 0.243 e. The van der Waals surface area contributed by atoms with Crippen molar-refractivity contribution in [1.29, 1.82) is 0 Å². The molecule has 0 radical (unpaired) electrons. The molecule has 0 saturated heterocycles. The number of rotatable bonds is 8. The van der Waals surface area contributed by atoms with Crippen LogP contribution in [0.2, 0.25) is 0 Å². The van der Waals surface area contributed by atoms with Gasteiger partial charge in [-0.3, -0.25) is 9.10 Å². The highest BCUT2D eigenvalue weighted by molar-refractivity contribution is 7.92. The Hall–Kier alpha value is -2.54. The molecule has 0 fully saturated rings. The Balaban J connectivity index is 2.22. The van der Waals surface area contributed by atoms with Crippen molar-refractivity contribution in [2.24, 2.45) is 5.92 Å². The van der Waals surface area contributed by atoms with Crippen LogP contribution in [0.15, 0.2) is 54.6 Å². The Morgan fingerprint density at radius 2 is 1.46 bits per heavy atom. The fraction of sp³-hybridized carbons (Fsp3) is 0.381. The molecule has 0 aliphatic rings. The first-order chi connectivity index (χ1) is 13.1. The maximum atomic E-state index is 12.6. The molecular formula is C21H28N2O4S. The molecule has 1 N–H and O–H groups in total. The third-order valence-corrected chi connectivity index (χ3v) is 5.77. The summed E-state index contributed by atoms with van der Waals surface area (Å²) in [6.45, 7) is 7.47. The fourth-order valence-corrected chi connectivity index (χ4v) is 3.78. The van der Waals surface area contributed by atoms with Crippen LogP contribution in [0.3, 0.4) is 0 Å². The van der Waals surface area contributed by atoms with E-state index in [0.717, 1.165) is 10.6 Å². The molecule has 2 rings (SSSR count). The van der Waals surface area contributed by atoms with Gasteiger partial charge in [-0.2, -0.15) is 0 Å². The number of anilines is 1. The molecule has 0 spiro atoms. The SMILES string of the molecule is CC(C)[C@@H](C)NC(=O)[C@H](C)N(c1ccc(Oc2ccccc2)cc1)S(C)(=O)=O. The second kappa shape index (κ2) is 9.10. The van der Waals surface area contributed by atoms with E-state index >= 15 is 0 Å². The second-order valence-electron chi connectivity index (χ2n) is 7.19. The molecule has 0 unspecified atom stereocenters. The molecule has 7 heteroatoms. The topological polar surface area (TPSA) is 75.7 Å². The maximum absolute atomic E-state index is 12.6. The lowest BCUT2D eigenvalue weighted by molar-refractivity contribution is -0.122. The van der Waals surface area contributed by atoms with E-state index in [1.165, 1.54) is 0 Å². The van der Waals surface area contributed by atoms with Gasteiger partial charge in [-0.05, 0) is 56.2 Å². The van der Waals surface area contributed by atoms with Gasteiger partial charge >= 0.3 is 0 Å². The van der Waals surface area contributed by atoms with Crippen LogP contribution in [0.25, 0.3) is 0 Å². The normalized spacial score (nSPS) is 13.6. The van der Waals surface area contributed by atoms with Gasteiger partial charge in [-0.1, -0.05) is 32.0 Å². The van der Waals surface area contributed by atoms with Gasteiger partial charge in [0.15, 0.2) is 0 Å². The van der Waals surface area contributed by atoms with E-state index in [1.54, 1.807) is 31.2 Å². The Kier molecular flexibility index (Phi) is 7.07. The predicted molar refractivity (Wildman–Crippen MR) is 112 cm³/mol. The van der Waals surface area contributed by atoms with Crippen LogP contribution >= 0.6 is 0 Å². The third-order valence-electron chi connectivity index (χ3n) is 4.53. The van der Waals surface area contributed by atoms with Crippen molar-refractivity contribution in [3.63, 3.8) is 0 Å². The average Bonchev–Trinajstić information content (AvgIpc) is 2.62. The van der Waals surface area contributed by atoms with Gasteiger partial charge in [-0.15, -0.1) is 0 Å². The largest absolute Gasteiger partial charge is 0.457 e. The molecule has 1 amide bonds. The molecule has 152 valence electrons. The number of amides is 1. The summed E-state index contributed by atoms with van der Waals surface area (Å²) in [6.07, 6.45) is 1.09. The van der Waals surface area contributed by atoms with Gasteiger partial charge in [0.2, 0.25) is 15.9 Å². The fourth-order valence-electron chi connectivity index (χ4n) is 2.61. The molecule has 0 heterocycles. The highest BCUT2D eigenvalue weighted by atomic mass is 32.2. The molecular weight excluding hydrogens is 376 g/mol. The molecule has 0 saturated carbocycles. The summed E-state index contributed by atoms with van der Waals surface area (Å²) in [6, 6.07) is 15.0. The Labute approximate surface area is 167 Å². The molecule has 0 bridgehead atoms. The van der Waals surface area contributed by atoms with E-state index < -0.39 is 16.1 Å². The first-order valence-electron chi connectivity index (χ1n) is 9.22. The summed E-state index contributed by atoms with van der Waals surface area (Å²) in [5.41, 5.74) is 0.405. The highest BCUT2D eigenvalue weighted by Crippen LogP contribution is 2.27. The van der Waals surface area contributed by atoms with Crippen molar-refractivity contribution < 1.29 is 17.9 Å². The quantitative estimate of drug-likeness (QED) is 0.726. The number of nitrogens with zero attached hydrogens (tertiary/aromatic N) is 1. The molecule has 0 aliphatic carbocycles. The first kappa shape index (κ1) is 21.8. The van der Waals surface area contributed by atoms with Gasteiger partial charge in [0.1, 0.15) is 17.5 Å². The van der Waals surface area contributed by atoms with Crippen LogP contribution in [-0.2, 0) is 14.8 Å². The molecule has 2 atom stereocenters. The van der Waals surface area contributed by atoms with E-state index in [4.69, 9.17) is 4.74 Å². The smallest absolute Gasteiger partial charge is 0.243 e. The Bertz CT molecular complexity index is 880. The highest BCUT2D eigenvalue weighted by Gasteiger charge is 2.30. The van der Waals surface area contributed by atoms with Gasteiger partial charge in [0.05, 0.1) is 11.9 Å². The summed E-state index contributed by atoms with van der Waals surface area (Å²) in [5.74, 6) is 1.17. The van der Waals surface area contributed by atoms with E-state index in [1.807, 2.05) is 51.1 Å². The van der Waals surface area contributed by atoms with Crippen molar-refractivity contribution in [3.05, 3.63) is 54.6 Å². The number of carbonyl (C=O) groups excluding carboxylic acids is 1. The van der Waals surface area contributed by atoms with Crippen molar-refractivity contribution in [1.82, 2.24) is 5.32 Å². The number of sulfonamides is 1. The summed E-state index contributed by atoms with van der Waals surface area (Å²) in [7, 11) is -3.66. The number of hydrogen-bond donors (Lipinski definition) is 1. The predicted octanol–water partition coefficient (Wildman–Crippen LogP) is 3.79. The van der Waals surface area contributed by atoms with E-state index in [-0.39, 0.29) is 17.9 Å². The molecule has 28 heavy (non-hydrogen) atoms. The van der Waals surface area contributed by atoms with Gasteiger partial charge in [-0.25, -0.2) is 8.42 Å². The number of hydrogen-bond acceptors (Lipinski definition) is 4. The summed E-state index contributed by atoms with van der Waals surface area (Å²) >= 11 is 0. The van der Waals surface area contributed by atoms with Gasteiger partial charge in [0.25, 0.3) is 0 Å². The monoisotopic (exact) mass is 404 g/mol. The van der Waals surface area contributed by atoms with Gasteiger partial charge < -0.3 is 10.1 Å². The van der Waals surface area contributed by atoms with Crippen LogP contribution in [0.1, 0.15) is 27.7 Å². The molecule has 2 aromatic carbocycles. The number of benzene rings is 2. The average molecular weight is 405 g/mol. The Morgan fingerprint density at radius 1 is 0.929 bits per heavy atom. The summed E-state index contributed by atoms with van der Waals surface area (Å²) in [5, 5.41) is 2.88. The number of nitrogens with one attached hydrogen (secondary N) is 1. The van der Waals surface area contributed by atoms with Gasteiger partial charge in [0, 0.05) is 6.04 Å². The van der Waals surface area contributed by atoms with Crippen LogP contribution in [-0.4, -0.2) is 32.7 Å². The van der Waals surface area contributed by atoms with Crippen molar-refractivity contribution in [2.45, 2.75) is 39.8 Å². The van der Waals surface area contributed by atoms with Crippen molar-refractivity contribution in [3.8, 4) is 11.5 Å². The van der Waals surface area contributed by atoms with Crippen LogP contribution < -0.4 is 14.4 Å². The summed E-state index contributed by atoms with van der Waals surface area (Å²) in [4.78, 5) is 12.6. The molecule has 0 aliphatic heterocycles. The van der Waals surface area contributed by atoms with Crippen molar-refractivity contribution >= 4 is 21.6 Å². The third kappa shape index (κ3) is 5.73. The standard InChI is InChI=1S/C21H28N2O4S/c1-15(2)16(3)22-21(24)17(4)23(28(5,25)26)18-11-13-20(14-12-18)27-19-9-7-6-8-10-19/h6-17H,1-5H3,(H,22,24)/t16-,17+/m1/s1. The van der Waals surface area contributed by atoms with Crippen LogP contribution in [0, 0.1) is 5.92 Å². The minimum absolute atomic E-state index is 0.0574. The molecule has 0 aromatic heterocycles. The van der Waals surface area contributed by atoms with Crippen molar-refractivity contribution in [2.75, 3.05) is 10.6 Å². The van der Waals surface area contributed by atoms with E-state index in [0.29, 0.717) is 17.2 Å². The summed E-state index contributed by atoms with van der Waals surface area (Å²) < 4.78 is 31.6. The Morgan fingerprint density at radius 3 is 1.96 bits per heavy atom. The minimum Gasteiger partial charge on any atom is -0.457 e. The number of para-hydroxylation sites is 1. The van der Waals surface area contributed by atoms with Crippen LogP contribution in [0.4, 0.5) is 5.69 Å². The zero-order valence-electron chi connectivity index (χ0n) is 16.9. The second-order valence-corrected chi connectivity index (χ2v) is 9.04.